The molecule has 0 spiro atoms. The second-order valence-electron chi connectivity index (χ2n) is 6.27. The summed E-state index contributed by atoms with van der Waals surface area (Å²) < 4.78 is 5.21. The first-order valence-corrected chi connectivity index (χ1v) is 8.05. The zero-order chi connectivity index (χ0) is 14.4. The highest BCUT2D eigenvalue weighted by Gasteiger charge is 2.32. The SMILES string of the molecule is COCCN(CC(O)CN1CCNCC1)C(C)C1CC1. The van der Waals surface area contributed by atoms with Crippen molar-refractivity contribution in [2.45, 2.75) is 31.9 Å². The van der Waals surface area contributed by atoms with Gasteiger partial charge in [0.15, 0.2) is 0 Å². The van der Waals surface area contributed by atoms with Crippen molar-refractivity contribution in [3.8, 4) is 0 Å². The molecule has 0 aromatic rings. The Morgan fingerprint density at radius 3 is 2.65 bits per heavy atom. The van der Waals surface area contributed by atoms with E-state index in [9.17, 15) is 5.11 Å². The van der Waals surface area contributed by atoms with E-state index >= 15 is 0 Å². The van der Waals surface area contributed by atoms with Gasteiger partial charge in [-0.05, 0) is 25.7 Å². The molecule has 1 aliphatic carbocycles. The lowest BCUT2D eigenvalue weighted by molar-refractivity contribution is 0.0401. The highest BCUT2D eigenvalue weighted by molar-refractivity contribution is 4.86. The lowest BCUT2D eigenvalue weighted by atomic mass is 10.1. The maximum atomic E-state index is 10.4. The third-order valence-electron chi connectivity index (χ3n) is 4.59. The van der Waals surface area contributed by atoms with Crippen LogP contribution in [0.4, 0.5) is 0 Å². The first kappa shape index (κ1) is 16.2. The molecule has 2 rings (SSSR count). The van der Waals surface area contributed by atoms with Crippen molar-refractivity contribution in [3.63, 3.8) is 0 Å². The molecule has 2 aliphatic rings. The fraction of sp³-hybridized carbons (Fsp3) is 1.00. The number of ether oxygens (including phenoxy) is 1. The molecule has 0 bridgehead atoms. The molecule has 1 saturated carbocycles. The molecule has 1 aliphatic heterocycles. The number of nitrogens with zero attached hydrogens (tertiary/aromatic N) is 2. The van der Waals surface area contributed by atoms with Crippen molar-refractivity contribution >= 4 is 0 Å². The number of hydrogen-bond acceptors (Lipinski definition) is 5. The van der Waals surface area contributed by atoms with E-state index in [1.165, 1.54) is 12.8 Å². The van der Waals surface area contributed by atoms with Crippen molar-refractivity contribution in [1.82, 2.24) is 15.1 Å². The highest BCUT2D eigenvalue weighted by Crippen LogP contribution is 2.35. The summed E-state index contributed by atoms with van der Waals surface area (Å²) in [4.78, 5) is 4.77. The summed E-state index contributed by atoms with van der Waals surface area (Å²) >= 11 is 0. The van der Waals surface area contributed by atoms with E-state index < -0.39 is 0 Å². The number of nitrogens with one attached hydrogen (secondary N) is 1. The van der Waals surface area contributed by atoms with Crippen LogP contribution in [0.25, 0.3) is 0 Å². The van der Waals surface area contributed by atoms with Crippen LogP contribution in [0.1, 0.15) is 19.8 Å². The lowest BCUT2D eigenvalue weighted by Gasteiger charge is -2.34. The van der Waals surface area contributed by atoms with Gasteiger partial charge in [0.1, 0.15) is 0 Å². The Labute approximate surface area is 123 Å². The molecule has 1 saturated heterocycles. The van der Waals surface area contributed by atoms with Crippen molar-refractivity contribution in [1.29, 1.82) is 0 Å². The normalized spacial score (nSPS) is 24.0. The van der Waals surface area contributed by atoms with E-state index in [1.54, 1.807) is 7.11 Å². The van der Waals surface area contributed by atoms with E-state index in [4.69, 9.17) is 4.74 Å². The summed E-state index contributed by atoms with van der Waals surface area (Å²) in [5.74, 6) is 0.832. The first-order valence-electron chi connectivity index (χ1n) is 8.05. The van der Waals surface area contributed by atoms with Crippen LogP contribution in [0.3, 0.4) is 0 Å². The first-order chi connectivity index (χ1) is 9.70. The summed E-state index contributed by atoms with van der Waals surface area (Å²) in [7, 11) is 1.75. The molecule has 118 valence electrons. The van der Waals surface area contributed by atoms with Gasteiger partial charge in [-0.15, -0.1) is 0 Å². The quantitative estimate of drug-likeness (QED) is 0.624. The molecule has 0 aromatic carbocycles. The van der Waals surface area contributed by atoms with Crippen molar-refractivity contribution < 1.29 is 9.84 Å². The third kappa shape index (κ3) is 5.30. The monoisotopic (exact) mass is 285 g/mol. The molecule has 2 unspecified atom stereocenters. The molecule has 1 heterocycles. The zero-order valence-electron chi connectivity index (χ0n) is 13.1. The van der Waals surface area contributed by atoms with Gasteiger partial charge in [0.05, 0.1) is 12.7 Å². The Balaban J connectivity index is 1.75. The Hall–Kier alpha value is -0.200. The number of rotatable bonds is 9. The maximum absolute atomic E-state index is 10.4. The van der Waals surface area contributed by atoms with Gasteiger partial charge in [-0.3, -0.25) is 9.80 Å². The third-order valence-corrected chi connectivity index (χ3v) is 4.59. The van der Waals surface area contributed by atoms with Gasteiger partial charge < -0.3 is 15.2 Å². The molecule has 5 nitrogen and oxygen atoms in total. The predicted molar refractivity (Wildman–Crippen MR) is 81.0 cm³/mol. The lowest BCUT2D eigenvalue weighted by Crippen LogP contribution is -2.49. The van der Waals surface area contributed by atoms with Gasteiger partial charge in [0.25, 0.3) is 0 Å². The Morgan fingerprint density at radius 2 is 2.05 bits per heavy atom. The van der Waals surface area contributed by atoms with Crippen LogP contribution in [0.15, 0.2) is 0 Å². The summed E-state index contributed by atoms with van der Waals surface area (Å²) in [5.41, 5.74) is 0. The summed E-state index contributed by atoms with van der Waals surface area (Å²) in [6.45, 7) is 9.71. The summed E-state index contributed by atoms with van der Waals surface area (Å²) in [6, 6.07) is 0.572. The average molecular weight is 285 g/mol. The topological polar surface area (TPSA) is 48.0 Å². The fourth-order valence-corrected chi connectivity index (χ4v) is 3.07. The van der Waals surface area contributed by atoms with Crippen LogP contribution in [-0.2, 0) is 4.74 Å². The number of hydrogen-bond donors (Lipinski definition) is 2. The van der Waals surface area contributed by atoms with Crippen LogP contribution in [-0.4, -0.2) is 86.6 Å². The van der Waals surface area contributed by atoms with Crippen LogP contribution in [0.2, 0.25) is 0 Å². The smallest absolute Gasteiger partial charge is 0.0793 e. The van der Waals surface area contributed by atoms with Gasteiger partial charge in [0, 0.05) is 59.0 Å². The molecule has 0 radical (unpaired) electrons. The summed E-state index contributed by atoms with van der Waals surface area (Å²) in [5, 5.41) is 13.7. The minimum Gasteiger partial charge on any atom is -0.390 e. The summed E-state index contributed by atoms with van der Waals surface area (Å²) in [6.07, 6.45) is 2.43. The number of methoxy groups -OCH3 is 1. The fourth-order valence-electron chi connectivity index (χ4n) is 3.07. The standard InChI is InChI=1S/C15H31N3O2/c1-13(14-3-4-14)18(9-10-20-2)12-15(19)11-17-7-5-16-6-8-17/h13-16,19H,3-12H2,1-2H3. The van der Waals surface area contributed by atoms with Crippen LogP contribution in [0, 0.1) is 5.92 Å². The van der Waals surface area contributed by atoms with Crippen molar-refractivity contribution in [2.24, 2.45) is 5.92 Å². The zero-order valence-corrected chi connectivity index (χ0v) is 13.1. The molecule has 5 heteroatoms. The van der Waals surface area contributed by atoms with Gasteiger partial charge >= 0.3 is 0 Å². The molecular formula is C15H31N3O2. The molecule has 0 aromatic heterocycles. The van der Waals surface area contributed by atoms with E-state index in [2.05, 4.69) is 22.0 Å². The molecular weight excluding hydrogens is 254 g/mol. The number of piperazine rings is 1. The number of β-amino-alcohol motifs (C(OH)–C–C–N with tert-alkyl or cyclic N) is 1. The van der Waals surface area contributed by atoms with Crippen molar-refractivity contribution in [2.75, 3.05) is 59.5 Å². The van der Waals surface area contributed by atoms with Gasteiger partial charge in [-0.25, -0.2) is 0 Å². The number of aliphatic hydroxyl groups excluding tert-OH is 1. The molecule has 0 amide bonds. The average Bonchev–Trinajstić information content (AvgIpc) is 3.28. The van der Waals surface area contributed by atoms with Crippen LogP contribution in [0.5, 0.6) is 0 Å². The van der Waals surface area contributed by atoms with Crippen LogP contribution >= 0.6 is 0 Å². The van der Waals surface area contributed by atoms with Crippen LogP contribution < -0.4 is 5.32 Å². The Morgan fingerprint density at radius 1 is 1.35 bits per heavy atom. The molecule has 2 fully saturated rings. The molecule has 2 atom stereocenters. The molecule has 2 N–H and O–H groups in total. The van der Waals surface area contributed by atoms with Gasteiger partial charge in [-0.2, -0.15) is 0 Å². The second-order valence-corrected chi connectivity index (χ2v) is 6.27. The minimum atomic E-state index is -0.258. The molecule has 20 heavy (non-hydrogen) atoms. The van der Waals surface area contributed by atoms with E-state index in [0.717, 1.165) is 58.3 Å². The largest absolute Gasteiger partial charge is 0.390 e. The Bertz CT molecular complexity index is 268. The van der Waals surface area contributed by atoms with E-state index in [0.29, 0.717) is 6.04 Å². The highest BCUT2D eigenvalue weighted by atomic mass is 16.5. The van der Waals surface area contributed by atoms with Gasteiger partial charge in [-0.1, -0.05) is 0 Å². The van der Waals surface area contributed by atoms with E-state index in [1.807, 2.05) is 0 Å². The Kier molecular flexibility index (Phi) is 6.71. The second kappa shape index (κ2) is 8.29. The van der Waals surface area contributed by atoms with E-state index in [-0.39, 0.29) is 6.10 Å². The maximum Gasteiger partial charge on any atom is 0.0793 e. The predicted octanol–water partition coefficient (Wildman–Crippen LogP) is -0.000600. The van der Waals surface area contributed by atoms with Crippen molar-refractivity contribution in [3.05, 3.63) is 0 Å². The number of aliphatic hydroxyl groups is 1. The minimum absolute atomic E-state index is 0.258. The van der Waals surface area contributed by atoms with Gasteiger partial charge in [0.2, 0.25) is 0 Å².